The Morgan fingerprint density at radius 3 is 3.04 bits per heavy atom. The van der Waals surface area contributed by atoms with Crippen LogP contribution in [0.2, 0.25) is 0 Å². The van der Waals surface area contributed by atoms with Gasteiger partial charge in [-0.15, -0.1) is 0 Å². The fourth-order valence-corrected chi connectivity index (χ4v) is 2.75. The normalized spacial score (nSPS) is 18.8. The second-order valence-corrected chi connectivity index (χ2v) is 6.12. The smallest absolute Gasteiger partial charge is 0.410 e. The lowest BCUT2D eigenvalue weighted by Crippen LogP contribution is -2.49. The molecule has 1 fully saturated rings. The van der Waals surface area contributed by atoms with Crippen LogP contribution >= 0.6 is 0 Å². The van der Waals surface area contributed by atoms with Crippen molar-refractivity contribution in [2.45, 2.75) is 25.7 Å². The zero-order valence-electron chi connectivity index (χ0n) is 14.4. The predicted molar refractivity (Wildman–Crippen MR) is 92.9 cm³/mol. The second kappa shape index (κ2) is 8.64. The number of carbonyl (C=O) groups is 1. The van der Waals surface area contributed by atoms with E-state index in [0.717, 1.165) is 11.3 Å². The minimum Gasteiger partial charge on any atom is -0.445 e. The van der Waals surface area contributed by atoms with Crippen LogP contribution in [0.4, 0.5) is 4.79 Å². The van der Waals surface area contributed by atoms with Crippen molar-refractivity contribution in [1.29, 1.82) is 0 Å². The first kappa shape index (κ1) is 17.4. The highest BCUT2D eigenvalue weighted by Crippen LogP contribution is 2.11. The molecule has 3 rings (SSSR count). The van der Waals surface area contributed by atoms with Crippen molar-refractivity contribution >= 4 is 6.09 Å². The first-order chi connectivity index (χ1) is 12.2. The summed E-state index contributed by atoms with van der Waals surface area (Å²) in [5, 5.41) is 10.3. The maximum Gasteiger partial charge on any atom is 0.410 e. The predicted octanol–water partition coefficient (Wildman–Crippen LogP) is 2.10. The molecule has 1 saturated heterocycles. The molecule has 7 nitrogen and oxygen atoms in total. The first-order valence-electron chi connectivity index (χ1n) is 8.52. The molecule has 0 saturated carbocycles. The lowest BCUT2D eigenvalue weighted by Gasteiger charge is -2.33. The van der Waals surface area contributed by atoms with Gasteiger partial charge >= 0.3 is 6.09 Å². The van der Waals surface area contributed by atoms with Crippen molar-refractivity contribution < 1.29 is 14.3 Å². The molecule has 0 aliphatic carbocycles. The fourth-order valence-electron chi connectivity index (χ4n) is 2.75. The molecule has 1 amide bonds. The molecular weight excluding hydrogens is 320 g/mol. The molecule has 0 radical (unpaired) electrons. The number of rotatable bonds is 6. The molecular formula is C18H24N4O3. The van der Waals surface area contributed by atoms with E-state index in [0.29, 0.717) is 26.2 Å². The van der Waals surface area contributed by atoms with Gasteiger partial charge in [0.1, 0.15) is 6.61 Å². The van der Waals surface area contributed by atoms with Crippen LogP contribution in [0.25, 0.3) is 0 Å². The third-order valence-corrected chi connectivity index (χ3v) is 4.24. The quantitative estimate of drug-likeness (QED) is 0.839. The van der Waals surface area contributed by atoms with Crippen LogP contribution in [0, 0.1) is 0 Å². The summed E-state index contributed by atoms with van der Waals surface area (Å²) >= 11 is 0. The molecule has 1 aliphatic heterocycles. The monoisotopic (exact) mass is 344 g/mol. The second-order valence-electron chi connectivity index (χ2n) is 6.12. The molecule has 2 N–H and O–H groups in total. The molecule has 0 spiro atoms. The van der Waals surface area contributed by atoms with Gasteiger partial charge in [0.05, 0.1) is 24.9 Å². The SMILES string of the molecule is CC(NCC1CN(C(=O)OCc2ccccc2)CCO1)c1ccn[nH]1. The third-order valence-electron chi connectivity index (χ3n) is 4.24. The van der Waals surface area contributed by atoms with Crippen molar-refractivity contribution in [3.63, 3.8) is 0 Å². The van der Waals surface area contributed by atoms with E-state index in [1.165, 1.54) is 0 Å². The Hall–Kier alpha value is -2.38. The van der Waals surface area contributed by atoms with Crippen LogP contribution in [-0.4, -0.2) is 53.5 Å². The Kier molecular flexibility index (Phi) is 6.03. The van der Waals surface area contributed by atoms with Crippen molar-refractivity contribution in [2.75, 3.05) is 26.2 Å². The maximum absolute atomic E-state index is 12.3. The Labute approximate surface area is 147 Å². The van der Waals surface area contributed by atoms with E-state index < -0.39 is 0 Å². The summed E-state index contributed by atoms with van der Waals surface area (Å²) in [5.41, 5.74) is 2.01. The van der Waals surface area contributed by atoms with Gasteiger partial charge in [-0.3, -0.25) is 5.10 Å². The fraction of sp³-hybridized carbons (Fsp3) is 0.444. The average Bonchev–Trinajstić information content (AvgIpc) is 3.20. The molecule has 7 heteroatoms. The number of hydrogen-bond donors (Lipinski definition) is 2. The summed E-state index contributed by atoms with van der Waals surface area (Å²) in [5.74, 6) is 0. The number of aromatic nitrogens is 2. The number of amides is 1. The summed E-state index contributed by atoms with van der Waals surface area (Å²) in [6, 6.07) is 11.8. The van der Waals surface area contributed by atoms with Gasteiger partial charge < -0.3 is 19.7 Å². The molecule has 2 aromatic rings. The van der Waals surface area contributed by atoms with Crippen molar-refractivity contribution in [2.24, 2.45) is 0 Å². The van der Waals surface area contributed by atoms with Gasteiger partial charge in [-0.2, -0.15) is 5.10 Å². The molecule has 2 atom stereocenters. The van der Waals surface area contributed by atoms with E-state index in [-0.39, 0.29) is 24.8 Å². The Balaban J connectivity index is 1.43. The molecule has 0 bridgehead atoms. The number of nitrogens with one attached hydrogen (secondary N) is 2. The van der Waals surface area contributed by atoms with Crippen LogP contribution < -0.4 is 5.32 Å². The maximum atomic E-state index is 12.3. The van der Waals surface area contributed by atoms with Crippen molar-refractivity contribution in [1.82, 2.24) is 20.4 Å². The molecule has 2 unspecified atom stereocenters. The third kappa shape index (κ3) is 5.04. The topological polar surface area (TPSA) is 79.5 Å². The van der Waals surface area contributed by atoms with Crippen molar-refractivity contribution in [3.05, 3.63) is 53.9 Å². The number of morpholine rings is 1. The van der Waals surface area contributed by atoms with Gasteiger partial charge in [-0.25, -0.2) is 4.79 Å². The largest absolute Gasteiger partial charge is 0.445 e. The van der Waals surface area contributed by atoms with Crippen LogP contribution in [0.5, 0.6) is 0 Å². The van der Waals surface area contributed by atoms with E-state index in [1.807, 2.05) is 36.4 Å². The van der Waals surface area contributed by atoms with Crippen LogP contribution in [0.15, 0.2) is 42.6 Å². The van der Waals surface area contributed by atoms with E-state index >= 15 is 0 Å². The van der Waals surface area contributed by atoms with Crippen LogP contribution in [-0.2, 0) is 16.1 Å². The number of ether oxygens (including phenoxy) is 2. The number of hydrogen-bond acceptors (Lipinski definition) is 5. The molecule has 134 valence electrons. The Bertz CT molecular complexity index is 648. The number of benzene rings is 1. The van der Waals surface area contributed by atoms with E-state index in [1.54, 1.807) is 11.1 Å². The van der Waals surface area contributed by atoms with Crippen LogP contribution in [0.1, 0.15) is 24.2 Å². The van der Waals surface area contributed by atoms with Gasteiger partial charge in [0.15, 0.2) is 0 Å². The minimum atomic E-state index is -0.293. The molecule has 1 aliphatic rings. The summed E-state index contributed by atoms with van der Waals surface area (Å²) in [7, 11) is 0. The van der Waals surface area contributed by atoms with E-state index in [4.69, 9.17) is 9.47 Å². The number of nitrogens with zero attached hydrogens (tertiary/aromatic N) is 2. The lowest BCUT2D eigenvalue weighted by atomic mass is 10.2. The molecule has 2 heterocycles. The van der Waals surface area contributed by atoms with Crippen molar-refractivity contribution in [3.8, 4) is 0 Å². The summed E-state index contributed by atoms with van der Waals surface area (Å²) in [6.07, 6.45) is 1.39. The lowest BCUT2D eigenvalue weighted by molar-refractivity contribution is -0.0278. The van der Waals surface area contributed by atoms with Gasteiger partial charge in [0.2, 0.25) is 0 Å². The van der Waals surface area contributed by atoms with Gasteiger partial charge in [0.25, 0.3) is 0 Å². The van der Waals surface area contributed by atoms with Gasteiger partial charge in [-0.1, -0.05) is 30.3 Å². The number of aromatic amines is 1. The Morgan fingerprint density at radius 2 is 2.28 bits per heavy atom. The molecule has 25 heavy (non-hydrogen) atoms. The summed E-state index contributed by atoms with van der Waals surface area (Å²) < 4.78 is 11.1. The summed E-state index contributed by atoms with van der Waals surface area (Å²) in [6.45, 7) is 4.60. The standard InChI is InChI=1S/C18H24N4O3/c1-14(17-7-8-20-21-17)19-11-16-12-22(9-10-24-16)18(23)25-13-15-5-3-2-4-6-15/h2-8,14,16,19H,9-13H2,1H3,(H,20,21). The minimum absolute atomic E-state index is 0.0524. The van der Waals surface area contributed by atoms with E-state index in [9.17, 15) is 4.79 Å². The highest BCUT2D eigenvalue weighted by atomic mass is 16.6. The van der Waals surface area contributed by atoms with E-state index in [2.05, 4.69) is 22.4 Å². The van der Waals surface area contributed by atoms with Gasteiger partial charge in [-0.05, 0) is 18.6 Å². The summed E-state index contributed by atoms with van der Waals surface area (Å²) in [4.78, 5) is 14.0. The average molecular weight is 344 g/mol. The Morgan fingerprint density at radius 1 is 1.44 bits per heavy atom. The molecule has 1 aromatic heterocycles. The number of carbonyl (C=O) groups excluding carboxylic acids is 1. The number of H-pyrrole nitrogens is 1. The zero-order valence-corrected chi connectivity index (χ0v) is 14.4. The highest BCUT2D eigenvalue weighted by molar-refractivity contribution is 5.67. The van der Waals surface area contributed by atoms with Crippen LogP contribution in [0.3, 0.4) is 0 Å². The highest BCUT2D eigenvalue weighted by Gasteiger charge is 2.25. The zero-order chi connectivity index (χ0) is 17.5. The molecule has 1 aromatic carbocycles. The first-order valence-corrected chi connectivity index (χ1v) is 8.52. The van der Waals surface area contributed by atoms with Gasteiger partial charge in [0, 0.05) is 25.3 Å².